The summed E-state index contributed by atoms with van der Waals surface area (Å²) in [6.07, 6.45) is 4.78. The summed E-state index contributed by atoms with van der Waals surface area (Å²) in [6, 6.07) is 0. The number of hydrogen-bond acceptors (Lipinski definition) is 4. The van der Waals surface area contributed by atoms with Crippen molar-refractivity contribution in [3.63, 3.8) is 0 Å². The molecule has 0 spiro atoms. The highest BCUT2D eigenvalue weighted by molar-refractivity contribution is 6.30. The largest absolute Gasteiger partial charge is 0.396 e. The van der Waals surface area contributed by atoms with Gasteiger partial charge in [-0.1, -0.05) is 25.4 Å². The lowest BCUT2D eigenvalue weighted by molar-refractivity contribution is 0.760. The zero-order valence-corrected chi connectivity index (χ0v) is 9.81. The van der Waals surface area contributed by atoms with Gasteiger partial charge in [-0.2, -0.15) is 5.10 Å². The summed E-state index contributed by atoms with van der Waals surface area (Å²) in [6.45, 7) is 4.05. The maximum absolute atomic E-state index is 5.79. The molecular weight excluding hydrogens is 226 g/mol. The Bertz CT molecular complexity index is 506. The molecule has 0 fully saturated rings. The molecule has 0 aromatic carbocycles. The van der Waals surface area contributed by atoms with Crippen LogP contribution in [0.5, 0.6) is 0 Å². The number of nitrogen functional groups attached to an aromatic ring is 1. The first-order valence-electron chi connectivity index (χ1n) is 4.91. The van der Waals surface area contributed by atoms with Crippen LogP contribution in [0.4, 0.5) is 5.69 Å². The number of aromatic nitrogens is 4. The number of hydrogen-bond donors (Lipinski definition) is 1. The van der Waals surface area contributed by atoms with E-state index in [0.29, 0.717) is 16.7 Å². The molecule has 0 saturated heterocycles. The normalized spacial score (nSPS) is 11.0. The van der Waals surface area contributed by atoms with E-state index >= 15 is 0 Å². The van der Waals surface area contributed by atoms with Crippen molar-refractivity contribution in [1.29, 1.82) is 0 Å². The lowest BCUT2D eigenvalue weighted by atomic mass is 10.1. The van der Waals surface area contributed by atoms with Crippen molar-refractivity contribution in [2.24, 2.45) is 0 Å². The van der Waals surface area contributed by atoms with Crippen LogP contribution in [0, 0.1) is 0 Å². The highest BCUT2D eigenvalue weighted by Crippen LogP contribution is 2.19. The minimum absolute atomic E-state index is 0.243. The predicted octanol–water partition coefficient (Wildman–Crippen LogP) is 2.02. The first-order chi connectivity index (χ1) is 7.58. The molecule has 2 aromatic heterocycles. The van der Waals surface area contributed by atoms with E-state index < -0.39 is 0 Å². The van der Waals surface area contributed by atoms with Crippen molar-refractivity contribution in [1.82, 2.24) is 19.7 Å². The molecule has 0 saturated carbocycles. The van der Waals surface area contributed by atoms with Crippen molar-refractivity contribution in [3.8, 4) is 5.95 Å². The van der Waals surface area contributed by atoms with Gasteiger partial charge in [-0.3, -0.25) is 0 Å². The predicted molar refractivity (Wildman–Crippen MR) is 62.7 cm³/mol. The Morgan fingerprint density at radius 2 is 2.12 bits per heavy atom. The monoisotopic (exact) mass is 237 g/mol. The van der Waals surface area contributed by atoms with Gasteiger partial charge in [-0.15, -0.1) is 0 Å². The van der Waals surface area contributed by atoms with Crippen molar-refractivity contribution < 1.29 is 0 Å². The molecule has 5 nitrogen and oxygen atoms in total. The molecule has 2 N–H and O–H groups in total. The number of halogens is 1. The Morgan fingerprint density at radius 3 is 2.69 bits per heavy atom. The highest BCUT2D eigenvalue weighted by atomic mass is 35.5. The fourth-order valence-electron chi connectivity index (χ4n) is 1.38. The second-order valence-electron chi connectivity index (χ2n) is 3.77. The molecule has 84 valence electrons. The van der Waals surface area contributed by atoms with Gasteiger partial charge < -0.3 is 5.73 Å². The van der Waals surface area contributed by atoms with Gasteiger partial charge in [0.15, 0.2) is 0 Å². The van der Waals surface area contributed by atoms with Crippen LogP contribution >= 0.6 is 11.6 Å². The Labute approximate surface area is 98.3 Å². The molecule has 0 aliphatic heterocycles. The minimum atomic E-state index is 0.243. The molecule has 0 amide bonds. The van der Waals surface area contributed by atoms with E-state index in [1.54, 1.807) is 12.4 Å². The zero-order valence-electron chi connectivity index (χ0n) is 9.05. The summed E-state index contributed by atoms with van der Waals surface area (Å²) in [5.41, 5.74) is 7.20. The molecule has 0 unspecified atom stereocenters. The third-order valence-electron chi connectivity index (χ3n) is 2.14. The van der Waals surface area contributed by atoms with Gasteiger partial charge in [0.2, 0.25) is 0 Å². The van der Waals surface area contributed by atoms with Crippen molar-refractivity contribution in [2.45, 2.75) is 19.8 Å². The van der Waals surface area contributed by atoms with Gasteiger partial charge in [0.1, 0.15) is 0 Å². The quantitative estimate of drug-likeness (QED) is 0.868. The van der Waals surface area contributed by atoms with E-state index in [2.05, 4.69) is 15.1 Å². The molecule has 0 atom stereocenters. The van der Waals surface area contributed by atoms with Gasteiger partial charge in [0.25, 0.3) is 5.95 Å². The van der Waals surface area contributed by atoms with Crippen LogP contribution in [0.3, 0.4) is 0 Å². The fourth-order valence-corrected chi connectivity index (χ4v) is 1.51. The second kappa shape index (κ2) is 4.09. The summed E-state index contributed by atoms with van der Waals surface area (Å²) in [4.78, 5) is 8.47. The summed E-state index contributed by atoms with van der Waals surface area (Å²) >= 11 is 5.78. The first kappa shape index (κ1) is 10.9. The standard InChI is InChI=1S/C10H12ClN5/c1-6(2)9-8(12)4-13-10(15-9)16-5-7(11)3-14-16/h3-6H,12H2,1-2H3. The lowest BCUT2D eigenvalue weighted by Crippen LogP contribution is -2.08. The molecule has 0 aliphatic carbocycles. The average Bonchev–Trinajstić information content (AvgIpc) is 2.65. The summed E-state index contributed by atoms with van der Waals surface area (Å²) in [5.74, 6) is 0.720. The maximum atomic E-state index is 5.79. The van der Waals surface area contributed by atoms with Gasteiger partial charge in [-0.25, -0.2) is 14.6 Å². The fraction of sp³-hybridized carbons (Fsp3) is 0.300. The van der Waals surface area contributed by atoms with E-state index in [4.69, 9.17) is 17.3 Å². The molecule has 6 heteroatoms. The van der Waals surface area contributed by atoms with E-state index in [9.17, 15) is 0 Å². The van der Waals surface area contributed by atoms with Crippen LogP contribution in [0.25, 0.3) is 5.95 Å². The topological polar surface area (TPSA) is 69.6 Å². The third-order valence-corrected chi connectivity index (χ3v) is 2.33. The van der Waals surface area contributed by atoms with Crippen molar-refractivity contribution in [3.05, 3.63) is 29.3 Å². The van der Waals surface area contributed by atoms with E-state index in [-0.39, 0.29) is 5.92 Å². The molecule has 16 heavy (non-hydrogen) atoms. The number of anilines is 1. The third kappa shape index (κ3) is 1.99. The van der Waals surface area contributed by atoms with Crippen LogP contribution in [0.15, 0.2) is 18.6 Å². The molecule has 2 heterocycles. The smallest absolute Gasteiger partial charge is 0.250 e. The van der Waals surface area contributed by atoms with Crippen LogP contribution in [0.1, 0.15) is 25.5 Å². The molecule has 0 aliphatic rings. The van der Waals surface area contributed by atoms with Crippen LogP contribution in [-0.4, -0.2) is 19.7 Å². The summed E-state index contributed by atoms with van der Waals surface area (Å²) in [7, 11) is 0. The van der Waals surface area contributed by atoms with Gasteiger partial charge in [0.05, 0.1) is 35.0 Å². The number of rotatable bonds is 2. The average molecular weight is 238 g/mol. The van der Waals surface area contributed by atoms with E-state index in [1.807, 2.05) is 13.8 Å². The second-order valence-corrected chi connectivity index (χ2v) is 4.20. The summed E-state index contributed by atoms with van der Waals surface area (Å²) < 4.78 is 1.52. The van der Waals surface area contributed by atoms with Crippen LogP contribution in [-0.2, 0) is 0 Å². The molecule has 2 rings (SSSR count). The Balaban J connectivity index is 2.47. The van der Waals surface area contributed by atoms with Gasteiger partial charge in [0, 0.05) is 0 Å². The lowest BCUT2D eigenvalue weighted by Gasteiger charge is -2.09. The molecule has 2 aromatic rings. The SMILES string of the molecule is CC(C)c1nc(-n2cc(Cl)cn2)ncc1N. The van der Waals surface area contributed by atoms with E-state index in [0.717, 1.165) is 5.69 Å². The maximum Gasteiger partial charge on any atom is 0.250 e. The van der Waals surface area contributed by atoms with Gasteiger partial charge in [-0.05, 0) is 5.92 Å². The Hall–Kier alpha value is -1.62. The van der Waals surface area contributed by atoms with Crippen LogP contribution in [0.2, 0.25) is 5.02 Å². The number of nitrogens with zero attached hydrogens (tertiary/aromatic N) is 4. The summed E-state index contributed by atoms with van der Waals surface area (Å²) in [5, 5.41) is 4.58. The highest BCUT2D eigenvalue weighted by Gasteiger charge is 2.10. The zero-order chi connectivity index (χ0) is 11.7. The Kier molecular flexibility index (Phi) is 2.78. The van der Waals surface area contributed by atoms with E-state index in [1.165, 1.54) is 10.9 Å². The van der Waals surface area contributed by atoms with Crippen molar-refractivity contribution in [2.75, 3.05) is 5.73 Å². The van der Waals surface area contributed by atoms with Crippen molar-refractivity contribution >= 4 is 17.3 Å². The Morgan fingerprint density at radius 1 is 1.38 bits per heavy atom. The number of nitrogens with two attached hydrogens (primary N) is 1. The first-order valence-corrected chi connectivity index (χ1v) is 5.28. The molecule has 0 radical (unpaired) electrons. The van der Waals surface area contributed by atoms with Gasteiger partial charge >= 0.3 is 0 Å². The molecular formula is C10H12ClN5. The minimum Gasteiger partial charge on any atom is -0.396 e. The van der Waals surface area contributed by atoms with Crippen LogP contribution < -0.4 is 5.73 Å². The molecule has 0 bridgehead atoms.